The Morgan fingerprint density at radius 1 is 1.35 bits per heavy atom. The molecule has 0 fully saturated rings. The lowest BCUT2D eigenvalue weighted by Gasteiger charge is -2.29. The molecule has 0 saturated heterocycles. The van der Waals surface area contributed by atoms with E-state index < -0.39 is 5.54 Å². The maximum Gasteiger partial charge on any atom is 0.0806 e. The summed E-state index contributed by atoms with van der Waals surface area (Å²) in [6.07, 6.45) is 2.00. The minimum absolute atomic E-state index is 0.142. The zero-order chi connectivity index (χ0) is 12.9. The van der Waals surface area contributed by atoms with Crippen LogP contribution in [0.4, 0.5) is 5.69 Å². The zero-order valence-electron chi connectivity index (χ0n) is 10.2. The van der Waals surface area contributed by atoms with Crippen LogP contribution in [0.15, 0.2) is 23.1 Å². The van der Waals surface area contributed by atoms with E-state index >= 15 is 0 Å². The molecule has 0 saturated carbocycles. The molecule has 0 aliphatic heterocycles. The number of hydrogen-bond donors (Lipinski definition) is 4. The monoisotopic (exact) mass is 256 g/mol. The van der Waals surface area contributed by atoms with E-state index in [2.05, 4.69) is 5.32 Å². The van der Waals surface area contributed by atoms with Gasteiger partial charge in [-0.3, -0.25) is 0 Å². The van der Waals surface area contributed by atoms with Crippen molar-refractivity contribution in [2.24, 2.45) is 5.73 Å². The first kappa shape index (κ1) is 14.3. The van der Waals surface area contributed by atoms with Gasteiger partial charge in [-0.15, -0.1) is 11.8 Å². The molecule has 0 heterocycles. The lowest BCUT2D eigenvalue weighted by atomic mass is 10.0. The quantitative estimate of drug-likeness (QED) is 0.572. The van der Waals surface area contributed by atoms with Gasteiger partial charge in [-0.05, 0) is 25.3 Å². The Labute approximate surface area is 106 Å². The second kappa shape index (κ2) is 6.26. The number of thioether (sulfide) groups is 1. The second-order valence-electron chi connectivity index (χ2n) is 4.19. The highest BCUT2D eigenvalue weighted by Crippen LogP contribution is 2.28. The van der Waals surface area contributed by atoms with Crippen molar-refractivity contribution in [3.63, 3.8) is 0 Å². The van der Waals surface area contributed by atoms with Gasteiger partial charge in [0, 0.05) is 22.7 Å². The molecule has 5 heteroatoms. The maximum absolute atomic E-state index is 9.28. The fourth-order valence-corrected chi connectivity index (χ4v) is 2.19. The molecular formula is C12H20N2O2S. The summed E-state index contributed by atoms with van der Waals surface area (Å²) in [6, 6.07) is 5.85. The summed E-state index contributed by atoms with van der Waals surface area (Å²) in [5.41, 5.74) is 6.89. The van der Waals surface area contributed by atoms with Crippen LogP contribution in [0.1, 0.15) is 12.5 Å². The minimum atomic E-state index is -0.735. The van der Waals surface area contributed by atoms with Gasteiger partial charge in [-0.1, -0.05) is 6.07 Å². The largest absolute Gasteiger partial charge is 0.394 e. The molecule has 0 unspecified atom stereocenters. The molecule has 17 heavy (non-hydrogen) atoms. The molecule has 0 aliphatic carbocycles. The van der Waals surface area contributed by atoms with E-state index in [1.165, 1.54) is 0 Å². The molecule has 0 radical (unpaired) electrons. The number of rotatable bonds is 6. The molecule has 96 valence electrons. The van der Waals surface area contributed by atoms with Gasteiger partial charge in [0.05, 0.1) is 18.8 Å². The van der Waals surface area contributed by atoms with Crippen LogP contribution in [0.3, 0.4) is 0 Å². The molecule has 0 aromatic heterocycles. The predicted molar refractivity (Wildman–Crippen MR) is 72.3 cm³/mol. The number of aliphatic hydroxyl groups is 2. The van der Waals surface area contributed by atoms with Crippen LogP contribution >= 0.6 is 11.8 Å². The van der Waals surface area contributed by atoms with Crippen LogP contribution in [-0.2, 0) is 6.54 Å². The second-order valence-corrected chi connectivity index (χ2v) is 5.04. The first-order valence-corrected chi connectivity index (χ1v) is 6.68. The van der Waals surface area contributed by atoms with E-state index in [1.807, 2.05) is 24.5 Å². The summed E-state index contributed by atoms with van der Waals surface area (Å²) in [5, 5.41) is 21.7. The summed E-state index contributed by atoms with van der Waals surface area (Å²) in [4.78, 5) is 1.11. The smallest absolute Gasteiger partial charge is 0.0806 e. The molecule has 5 N–H and O–H groups in total. The number of anilines is 1. The summed E-state index contributed by atoms with van der Waals surface area (Å²) >= 11 is 1.63. The van der Waals surface area contributed by atoms with Crippen molar-refractivity contribution in [3.8, 4) is 0 Å². The standard InChI is InChI=1S/C12H20N2O2S/c1-12(7-15,8-16)14-10-4-3-5-11(17-2)9(10)6-13/h3-5,14-16H,6-8,13H2,1-2H3. The Morgan fingerprint density at radius 3 is 2.47 bits per heavy atom. The SMILES string of the molecule is CSc1cccc(NC(C)(CO)CO)c1CN. The van der Waals surface area contributed by atoms with Crippen LogP contribution in [0, 0.1) is 0 Å². The third kappa shape index (κ3) is 3.35. The van der Waals surface area contributed by atoms with Gasteiger partial charge in [-0.25, -0.2) is 0 Å². The van der Waals surface area contributed by atoms with E-state index in [-0.39, 0.29) is 13.2 Å². The molecular weight excluding hydrogens is 236 g/mol. The minimum Gasteiger partial charge on any atom is -0.394 e. The summed E-state index contributed by atoms with van der Waals surface area (Å²) in [6.45, 7) is 1.90. The summed E-state index contributed by atoms with van der Waals surface area (Å²) < 4.78 is 0. The van der Waals surface area contributed by atoms with Crippen LogP contribution in [0.2, 0.25) is 0 Å². The van der Waals surface area contributed by atoms with Crippen molar-refractivity contribution in [1.29, 1.82) is 0 Å². The highest BCUT2D eigenvalue weighted by atomic mass is 32.2. The van der Waals surface area contributed by atoms with Gasteiger partial charge in [0.15, 0.2) is 0 Å². The highest BCUT2D eigenvalue weighted by Gasteiger charge is 2.23. The van der Waals surface area contributed by atoms with Gasteiger partial charge in [0.1, 0.15) is 0 Å². The Hall–Kier alpha value is -0.750. The molecule has 0 bridgehead atoms. The summed E-state index contributed by atoms with van der Waals surface area (Å²) in [5.74, 6) is 0. The molecule has 0 atom stereocenters. The fraction of sp³-hybridized carbons (Fsp3) is 0.500. The topological polar surface area (TPSA) is 78.5 Å². The maximum atomic E-state index is 9.28. The molecule has 1 aromatic carbocycles. The Balaban J connectivity index is 3.05. The third-order valence-electron chi connectivity index (χ3n) is 2.69. The van der Waals surface area contributed by atoms with Crippen LogP contribution in [0.25, 0.3) is 0 Å². The Bertz CT molecular complexity index is 368. The van der Waals surface area contributed by atoms with Crippen molar-refractivity contribution in [1.82, 2.24) is 0 Å². The molecule has 1 aromatic rings. The zero-order valence-corrected chi connectivity index (χ0v) is 11.0. The lowest BCUT2D eigenvalue weighted by Crippen LogP contribution is -2.42. The number of aliphatic hydroxyl groups excluding tert-OH is 2. The van der Waals surface area contributed by atoms with E-state index in [1.54, 1.807) is 18.7 Å². The third-order valence-corrected chi connectivity index (χ3v) is 3.51. The van der Waals surface area contributed by atoms with Crippen LogP contribution < -0.4 is 11.1 Å². The molecule has 4 nitrogen and oxygen atoms in total. The van der Waals surface area contributed by atoms with E-state index in [4.69, 9.17) is 5.73 Å². The van der Waals surface area contributed by atoms with Crippen molar-refractivity contribution in [2.75, 3.05) is 24.8 Å². The lowest BCUT2D eigenvalue weighted by molar-refractivity contribution is 0.147. The first-order chi connectivity index (χ1) is 8.10. The van der Waals surface area contributed by atoms with Crippen LogP contribution in [0.5, 0.6) is 0 Å². The van der Waals surface area contributed by atoms with Gasteiger partial charge in [-0.2, -0.15) is 0 Å². The molecule has 0 aliphatic rings. The van der Waals surface area contributed by atoms with Crippen molar-refractivity contribution >= 4 is 17.4 Å². The number of benzene rings is 1. The van der Waals surface area contributed by atoms with E-state index in [0.717, 1.165) is 16.1 Å². The number of nitrogens with two attached hydrogens (primary N) is 1. The predicted octanol–water partition coefficient (Wildman–Crippen LogP) is 1.02. The van der Waals surface area contributed by atoms with Gasteiger partial charge in [0.2, 0.25) is 0 Å². The van der Waals surface area contributed by atoms with Crippen LogP contribution in [-0.4, -0.2) is 35.2 Å². The number of nitrogens with one attached hydrogen (secondary N) is 1. The van der Waals surface area contributed by atoms with Gasteiger partial charge >= 0.3 is 0 Å². The molecule has 0 spiro atoms. The van der Waals surface area contributed by atoms with Crippen molar-refractivity contribution in [2.45, 2.75) is 23.9 Å². The Morgan fingerprint density at radius 2 is 2.00 bits per heavy atom. The molecule has 1 rings (SSSR count). The van der Waals surface area contributed by atoms with E-state index in [0.29, 0.717) is 6.54 Å². The average molecular weight is 256 g/mol. The first-order valence-electron chi connectivity index (χ1n) is 5.46. The van der Waals surface area contributed by atoms with Crippen molar-refractivity contribution in [3.05, 3.63) is 23.8 Å². The normalized spacial score (nSPS) is 11.6. The summed E-state index contributed by atoms with van der Waals surface area (Å²) in [7, 11) is 0. The van der Waals surface area contributed by atoms with Crippen molar-refractivity contribution < 1.29 is 10.2 Å². The number of hydrogen-bond acceptors (Lipinski definition) is 5. The molecule has 0 amide bonds. The fourth-order valence-electron chi connectivity index (χ4n) is 1.54. The average Bonchev–Trinajstić information content (AvgIpc) is 2.38. The van der Waals surface area contributed by atoms with Gasteiger partial charge in [0.25, 0.3) is 0 Å². The van der Waals surface area contributed by atoms with E-state index in [9.17, 15) is 10.2 Å². The Kier molecular flexibility index (Phi) is 5.27. The van der Waals surface area contributed by atoms with Gasteiger partial charge < -0.3 is 21.3 Å². The highest BCUT2D eigenvalue weighted by molar-refractivity contribution is 7.98.